The van der Waals surface area contributed by atoms with Crippen LogP contribution in [-0.4, -0.2) is 25.1 Å². The molecular formula is C25H21FO5. The molecule has 5 nitrogen and oxygen atoms in total. The highest BCUT2D eigenvalue weighted by molar-refractivity contribution is 5.97. The summed E-state index contributed by atoms with van der Waals surface area (Å²) in [6, 6.07) is 18.4. The third-order valence-electron chi connectivity index (χ3n) is 6.40. The molecule has 6 heteroatoms. The van der Waals surface area contributed by atoms with E-state index < -0.39 is 28.7 Å². The van der Waals surface area contributed by atoms with Gasteiger partial charge in [-0.15, -0.1) is 0 Å². The zero-order valence-corrected chi connectivity index (χ0v) is 17.1. The number of carbonyl (C=O) groups excluding carboxylic acids is 1. The van der Waals surface area contributed by atoms with Crippen LogP contribution < -0.4 is 14.2 Å². The Morgan fingerprint density at radius 2 is 1.81 bits per heavy atom. The smallest absolute Gasteiger partial charge is 0.200 e. The van der Waals surface area contributed by atoms with E-state index in [1.54, 1.807) is 24.3 Å². The molecule has 1 fully saturated rings. The molecule has 0 saturated heterocycles. The van der Waals surface area contributed by atoms with Crippen LogP contribution in [0.25, 0.3) is 0 Å². The third-order valence-corrected chi connectivity index (χ3v) is 6.40. The average molecular weight is 420 g/mol. The lowest BCUT2D eigenvalue weighted by atomic mass is 9.71. The minimum Gasteiger partial charge on any atom is -0.496 e. The number of rotatable bonds is 4. The fourth-order valence-electron chi connectivity index (χ4n) is 5.09. The molecule has 3 unspecified atom stereocenters. The highest BCUT2D eigenvalue weighted by Crippen LogP contribution is 2.67. The molecule has 3 aromatic carbocycles. The van der Waals surface area contributed by atoms with Gasteiger partial charge in [-0.1, -0.05) is 42.5 Å². The molecule has 5 rings (SSSR count). The Labute approximate surface area is 179 Å². The largest absolute Gasteiger partial charge is 0.496 e. The predicted octanol–water partition coefficient (Wildman–Crippen LogP) is 4.08. The Kier molecular flexibility index (Phi) is 4.31. The van der Waals surface area contributed by atoms with Gasteiger partial charge in [0, 0.05) is 24.5 Å². The van der Waals surface area contributed by atoms with Crippen molar-refractivity contribution in [3.63, 3.8) is 0 Å². The summed E-state index contributed by atoms with van der Waals surface area (Å²) in [5.41, 5.74) is -2.04. The SMILES string of the molecule is COc1cc(OC)c2c(c1)OC1(c3ccccc3)C(c3cccc(F)c3)CC(=O)C21O. The lowest BCUT2D eigenvalue weighted by molar-refractivity contribution is -0.151. The molecule has 0 amide bonds. The Morgan fingerprint density at radius 1 is 1.03 bits per heavy atom. The second-order valence-electron chi connectivity index (χ2n) is 7.85. The van der Waals surface area contributed by atoms with Crippen LogP contribution in [0.3, 0.4) is 0 Å². The topological polar surface area (TPSA) is 65.0 Å². The number of fused-ring (bicyclic) bond motifs is 3. The van der Waals surface area contributed by atoms with Crippen molar-refractivity contribution in [3.8, 4) is 17.2 Å². The van der Waals surface area contributed by atoms with Gasteiger partial charge in [-0.25, -0.2) is 4.39 Å². The molecule has 1 heterocycles. The summed E-state index contributed by atoms with van der Waals surface area (Å²) in [7, 11) is 2.98. The van der Waals surface area contributed by atoms with Crippen LogP contribution in [0.2, 0.25) is 0 Å². The van der Waals surface area contributed by atoms with Crippen LogP contribution in [0.15, 0.2) is 66.7 Å². The molecule has 0 spiro atoms. The van der Waals surface area contributed by atoms with E-state index in [0.717, 1.165) is 0 Å². The lowest BCUT2D eigenvalue weighted by Gasteiger charge is -2.39. The van der Waals surface area contributed by atoms with Gasteiger partial charge in [-0.05, 0) is 23.3 Å². The van der Waals surface area contributed by atoms with Crippen LogP contribution in [-0.2, 0) is 16.0 Å². The lowest BCUT2D eigenvalue weighted by Crippen LogP contribution is -2.50. The number of methoxy groups -OCH3 is 2. The molecule has 3 aromatic rings. The van der Waals surface area contributed by atoms with E-state index in [9.17, 15) is 14.3 Å². The first-order valence-corrected chi connectivity index (χ1v) is 9.98. The van der Waals surface area contributed by atoms with Crippen LogP contribution in [0.5, 0.6) is 17.2 Å². The van der Waals surface area contributed by atoms with Gasteiger partial charge in [0.2, 0.25) is 0 Å². The van der Waals surface area contributed by atoms with E-state index in [2.05, 4.69) is 0 Å². The Bertz CT molecular complexity index is 1180. The van der Waals surface area contributed by atoms with Crippen molar-refractivity contribution in [2.24, 2.45) is 0 Å². The maximum Gasteiger partial charge on any atom is 0.200 e. The third kappa shape index (κ3) is 2.48. The molecule has 2 aliphatic rings. The van der Waals surface area contributed by atoms with Crippen molar-refractivity contribution in [3.05, 3.63) is 89.2 Å². The maximum atomic E-state index is 14.1. The van der Waals surface area contributed by atoms with Crippen LogP contribution in [0.4, 0.5) is 4.39 Å². The van der Waals surface area contributed by atoms with Crippen LogP contribution >= 0.6 is 0 Å². The van der Waals surface area contributed by atoms with Gasteiger partial charge in [0.25, 0.3) is 0 Å². The van der Waals surface area contributed by atoms with Gasteiger partial charge in [0.15, 0.2) is 17.0 Å². The first-order chi connectivity index (χ1) is 15.0. The minimum absolute atomic E-state index is 0.0104. The van der Waals surface area contributed by atoms with E-state index in [-0.39, 0.29) is 12.0 Å². The van der Waals surface area contributed by atoms with Crippen LogP contribution in [0.1, 0.15) is 29.0 Å². The summed E-state index contributed by atoms with van der Waals surface area (Å²) in [6.45, 7) is 0. The normalized spacial score (nSPS) is 26.2. The molecule has 31 heavy (non-hydrogen) atoms. The second kappa shape index (κ2) is 6.82. The zero-order valence-electron chi connectivity index (χ0n) is 17.1. The summed E-state index contributed by atoms with van der Waals surface area (Å²) >= 11 is 0. The van der Waals surface area contributed by atoms with E-state index in [1.807, 2.05) is 30.3 Å². The molecule has 0 bridgehead atoms. The zero-order chi connectivity index (χ0) is 21.8. The summed E-state index contributed by atoms with van der Waals surface area (Å²) in [4.78, 5) is 13.5. The molecule has 158 valence electrons. The van der Waals surface area contributed by atoms with Crippen molar-refractivity contribution in [2.75, 3.05) is 14.2 Å². The van der Waals surface area contributed by atoms with Gasteiger partial charge < -0.3 is 19.3 Å². The van der Waals surface area contributed by atoms with E-state index in [4.69, 9.17) is 14.2 Å². The molecule has 1 N–H and O–H groups in total. The Hall–Kier alpha value is -3.38. The highest BCUT2D eigenvalue weighted by Gasteiger charge is 2.74. The Balaban J connectivity index is 1.83. The summed E-state index contributed by atoms with van der Waals surface area (Å²) < 4.78 is 31.5. The summed E-state index contributed by atoms with van der Waals surface area (Å²) in [6.07, 6.45) is -0.0104. The number of benzene rings is 3. The van der Waals surface area contributed by atoms with Gasteiger partial charge >= 0.3 is 0 Å². The van der Waals surface area contributed by atoms with Crippen molar-refractivity contribution >= 4 is 5.78 Å². The molecule has 1 aliphatic heterocycles. The van der Waals surface area contributed by atoms with Crippen molar-refractivity contribution in [2.45, 2.75) is 23.5 Å². The first kappa shape index (κ1) is 19.6. The Morgan fingerprint density at radius 3 is 2.48 bits per heavy atom. The molecule has 1 aliphatic carbocycles. The standard InChI is InChI=1S/C25H21FO5/c1-29-18-12-20(30-2)23-21(13-18)31-25(16-8-4-3-5-9-16)19(14-22(27)24(23,25)28)15-7-6-10-17(26)11-15/h3-13,19,28H,14H2,1-2H3. The summed E-state index contributed by atoms with van der Waals surface area (Å²) in [5.74, 6) is -0.380. The van der Waals surface area contributed by atoms with Gasteiger partial charge in [0.1, 0.15) is 23.1 Å². The highest BCUT2D eigenvalue weighted by atomic mass is 19.1. The molecule has 0 aromatic heterocycles. The average Bonchev–Trinajstić information content (AvgIpc) is 3.19. The van der Waals surface area contributed by atoms with Gasteiger partial charge in [-0.2, -0.15) is 0 Å². The fraction of sp³-hybridized carbons (Fsp3) is 0.240. The molecule has 3 atom stereocenters. The number of hydrogen-bond acceptors (Lipinski definition) is 5. The monoisotopic (exact) mass is 420 g/mol. The van der Waals surface area contributed by atoms with Gasteiger partial charge in [0.05, 0.1) is 19.8 Å². The number of ether oxygens (including phenoxy) is 3. The molecule has 1 saturated carbocycles. The summed E-state index contributed by atoms with van der Waals surface area (Å²) in [5, 5.41) is 12.1. The molecular weight excluding hydrogens is 399 g/mol. The first-order valence-electron chi connectivity index (χ1n) is 9.98. The minimum atomic E-state index is -2.02. The number of hydrogen-bond donors (Lipinski definition) is 1. The van der Waals surface area contributed by atoms with Crippen LogP contribution in [0, 0.1) is 5.82 Å². The second-order valence-corrected chi connectivity index (χ2v) is 7.85. The number of carbonyl (C=O) groups is 1. The van der Waals surface area contributed by atoms with Crippen molar-refractivity contribution in [1.82, 2.24) is 0 Å². The van der Waals surface area contributed by atoms with Gasteiger partial charge in [-0.3, -0.25) is 4.79 Å². The van der Waals surface area contributed by atoms with E-state index >= 15 is 0 Å². The van der Waals surface area contributed by atoms with Crippen molar-refractivity contribution in [1.29, 1.82) is 0 Å². The fourth-order valence-corrected chi connectivity index (χ4v) is 5.09. The van der Waals surface area contributed by atoms with Crippen molar-refractivity contribution < 1.29 is 28.5 Å². The maximum absolute atomic E-state index is 14.1. The predicted molar refractivity (Wildman–Crippen MR) is 111 cm³/mol. The number of halogens is 1. The van der Waals surface area contributed by atoms with E-state index in [0.29, 0.717) is 28.4 Å². The number of aliphatic hydroxyl groups is 1. The van der Waals surface area contributed by atoms with E-state index in [1.165, 1.54) is 26.4 Å². The molecule has 0 radical (unpaired) electrons. The quantitative estimate of drug-likeness (QED) is 0.689. The number of Topliss-reactive ketones (excluding diaryl/α,β-unsaturated/α-hetero) is 1. The number of ketones is 1.